The number of hydrogen-bond acceptors (Lipinski definition) is 4. The van der Waals surface area contributed by atoms with E-state index in [4.69, 9.17) is 4.42 Å². The maximum atomic E-state index is 12.1. The Hall–Kier alpha value is -2.34. The average molecular weight is 330 g/mol. The zero-order chi connectivity index (χ0) is 16.1. The molecule has 0 atom stereocenters. The first-order valence-electron chi connectivity index (χ1n) is 7.56. The molecule has 1 saturated heterocycles. The lowest BCUT2D eigenvalue weighted by atomic mass is 10.0. The van der Waals surface area contributed by atoms with Crippen LogP contribution in [0.2, 0.25) is 0 Å². The van der Waals surface area contributed by atoms with Gasteiger partial charge < -0.3 is 14.6 Å². The van der Waals surface area contributed by atoms with E-state index >= 15 is 0 Å². The van der Waals surface area contributed by atoms with Gasteiger partial charge in [-0.1, -0.05) is 0 Å². The first-order chi connectivity index (χ1) is 11.2. The molecule has 0 saturated carbocycles. The second-order valence-electron chi connectivity index (χ2n) is 5.43. The Morgan fingerprint density at radius 2 is 2.13 bits per heavy atom. The van der Waals surface area contributed by atoms with E-state index in [9.17, 15) is 9.59 Å². The summed E-state index contributed by atoms with van der Waals surface area (Å²) >= 11 is 1.51. The molecule has 120 valence electrons. The molecule has 0 unspecified atom stereocenters. The summed E-state index contributed by atoms with van der Waals surface area (Å²) in [5, 5.41) is 6.76. The molecule has 23 heavy (non-hydrogen) atoms. The zero-order valence-corrected chi connectivity index (χ0v) is 13.4. The normalized spacial score (nSPS) is 15.9. The van der Waals surface area contributed by atoms with E-state index in [1.807, 2.05) is 16.8 Å². The van der Waals surface area contributed by atoms with Crippen LogP contribution in [0.3, 0.4) is 0 Å². The number of nitrogens with zero attached hydrogens (tertiary/aromatic N) is 1. The van der Waals surface area contributed by atoms with E-state index in [0.29, 0.717) is 24.4 Å². The molecule has 6 heteroatoms. The van der Waals surface area contributed by atoms with Gasteiger partial charge >= 0.3 is 0 Å². The smallest absolute Gasteiger partial charge is 0.252 e. The molecule has 2 amide bonds. The van der Waals surface area contributed by atoms with Crippen molar-refractivity contribution in [1.29, 1.82) is 0 Å². The maximum absolute atomic E-state index is 12.1. The number of furan rings is 1. The van der Waals surface area contributed by atoms with Gasteiger partial charge in [0.1, 0.15) is 5.76 Å². The monoisotopic (exact) mass is 330 g/mol. The van der Waals surface area contributed by atoms with Crippen molar-refractivity contribution >= 4 is 29.2 Å². The summed E-state index contributed by atoms with van der Waals surface area (Å²) in [5.41, 5.74) is 0.704. The number of amides is 2. The molecule has 0 aliphatic carbocycles. The predicted molar refractivity (Wildman–Crippen MR) is 89.1 cm³/mol. The SMILES string of the molecule is O=C(NC1CCN(C(=O)C=Cc2ccco2)CC1)c1ccsc1. The maximum Gasteiger partial charge on any atom is 0.252 e. The molecule has 0 bridgehead atoms. The summed E-state index contributed by atoms with van der Waals surface area (Å²) in [6.07, 6.45) is 6.33. The van der Waals surface area contributed by atoms with Crippen LogP contribution in [0.25, 0.3) is 6.08 Å². The number of rotatable bonds is 4. The van der Waals surface area contributed by atoms with Gasteiger partial charge in [0.2, 0.25) is 5.91 Å². The molecular weight excluding hydrogens is 312 g/mol. The Kier molecular flexibility index (Phi) is 4.92. The van der Waals surface area contributed by atoms with Crippen LogP contribution < -0.4 is 5.32 Å². The fourth-order valence-electron chi connectivity index (χ4n) is 2.55. The number of likely N-dealkylation sites (tertiary alicyclic amines) is 1. The fourth-order valence-corrected chi connectivity index (χ4v) is 3.19. The van der Waals surface area contributed by atoms with Gasteiger partial charge in [-0.05, 0) is 42.5 Å². The minimum atomic E-state index is -0.0336. The number of hydrogen-bond donors (Lipinski definition) is 1. The van der Waals surface area contributed by atoms with Crippen molar-refractivity contribution in [1.82, 2.24) is 10.2 Å². The van der Waals surface area contributed by atoms with Gasteiger partial charge in [-0.25, -0.2) is 0 Å². The lowest BCUT2D eigenvalue weighted by Gasteiger charge is -2.31. The molecule has 1 aliphatic heterocycles. The van der Waals surface area contributed by atoms with Gasteiger partial charge in [-0.3, -0.25) is 9.59 Å². The first kappa shape index (κ1) is 15.6. The molecule has 2 aromatic heterocycles. The second-order valence-corrected chi connectivity index (χ2v) is 6.21. The van der Waals surface area contributed by atoms with Crippen LogP contribution in [0.1, 0.15) is 29.0 Å². The van der Waals surface area contributed by atoms with Gasteiger partial charge in [-0.15, -0.1) is 0 Å². The number of piperidine rings is 1. The van der Waals surface area contributed by atoms with Crippen molar-refractivity contribution in [2.75, 3.05) is 13.1 Å². The Morgan fingerprint density at radius 3 is 2.78 bits per heavy atom. The van der Waals surface area contributed by atoms with Gasteiger partial charge in [0, 0.05) is 36.2 Å². The summed E-state index contributed by atoms with van der Waals surface area (Å²) in [6.45, 7) is 1.30. The second kappa shape index (κ2) is 7.28. The van der Waals surface area contributed by atoms with E-state index in [0.717, 1.165) is 12.8 Å². The Morgan fingerprint density at radius 1 is 1.30 bits per heavy atom. The highest BCUT2D eigenvalue weighted by molar-refractivity contribution is 7.08. The van der Waals surface area contributed by atoms with E-state index in [2.05, 4.69) is 5.32 Å². The summed E-state index contributed by atoms with van der Waals surface area (Å²) in [4.78, 5) is 25.9. The van der Waals surface area contributed by atoms with Gasteiger partial charge in [0.25, 0.3) is 5.91 Å². The molecule has 1 N–H and O–H groups in total. The Labute approximate surface area is 138 Å². The van der Waals surface area contributed by atoms with Crippen molar-refractivity contribution in [3.8, 4) is 0 Å². The van der Waals surface area contributed by atoms with Gasteiger partial charge in [0.15, 0.2) is 0 Å². The van der Waals surface area contributed by atoms with Gasteiger partial charge in [0.05, 0.1) is 6.26 Å². The third kappa shape index (κ3) is 4.10. The van der Waals surface area contributed by atoms with E-state index < -0.39 is 0 Å². The molecule has 3 rings (SSSR count). The standard InChI is InChI=1S/C17H18N2O3S/c20-16(4-3-15-2-1-10-22-15)19-8-5-14(6-9-19)18-17(21)13-7-11-23-12-13/h1-4,7,10-12,14H,5-6,8-9H2,(H,18,21). The minimum Gasteiger partial charge on any atom is -0.465 e. The summed E-state index contributed by atoms with van der Waals surface area (Å²) in [5.74, 6) is 0.606. The number of carbonyl (C=O) groups excluding carboxylic acids is 2. The van der Waals surface area contributed by atoms with E-state index in [-0.39, 0.29) is 17.9 Å². The van der Waals surface area contributed by atoms with Crippen molar-refractivity contribution in [3.05, 3.63) is 52.6 Å². The molecule has 1 fully saturated rings. The molecule has 0 spiro atoms. The molecule has 2 aromatic rings. The minimum absolute atomic E-state index is 0.0241. The molecule has 0 aromatic carbocycles. The van der Waals surface area contributed by atoms with E-state index in [1.165, 1.54) is 17.4 Å². The van der Waals surface area contributed by atoms with Crippen molar-refractivity contribution in [2.45, 2.75) is 18.9 Å². The summed E-state index contributed by atoms with van der Waals surface area (Å²) in [6, 6.07) is 5.53. The predicted octanol–water partition coefficient (Wildman–Crippen LogP) is 2.78. The van der Waals surface area contributed by atoms with Crippen molar-refractivity contribution in [3.63, 3.8) is 0 Å². The number of carbonyl (C=O) groups is 2. The molecular formula is C17H18N2O3S. The third-order valence-corrected chi connectivity index (χ3v) is 4.54. The highest BCUT2D eigenvalue weighted by Gasteiger charge is 2.23. The Bertz CT molecular complexity index is 669. The van der Waals surface area contributed by atoms with Crippen LogP contribution in [-0.2, 0) is 4.79 Å². The lowest BCUT2D eigenvalue weighted by molar-refractivity contribution is -0.127. The summed E-state index contributed by atoms with van der Waals surface area (Å²) < 4.78 is 5.16. The number of nitrogens with one attached hydrogen (secondary N) is 1. The number of thiophene rings is 1. The van der Waals surface area contributed by atoms with Crippen molar-refractivity contribution < 1.29 is 14.0 Å². The van der Waals surface area contributed by atoms with Crippen LogP contribution in [0.15, 0.2) is 45.7 Å². The average Bonchev–Trinajstić information content (AvgIpc) is 3.26. The van der Waals surface area contributed by atoms with E-state index in [1.54, 1.807) is 29.4 Å². The molecule has 3 heterocycles. The third-order valence-electron chi connectivity index (χ3n) is 3.86. The highest BCUT2D eigenvalue weighted by atomic mass is 32.1. The largest absolute Gasteiger partial charge is 0.465 e. The highest BCUT2D eigenvalue weighted by Crippen LogP contribution is 2.13. The van der Waals surface area contributed by atoms with Gasteiger partial charge in [-0.2, -0.15) is 11.3 Å². The lowest BCUT2D eigenvalue weighted by Crippen LogP contribution is -2.46. The van der Waals surface area contributed by atoms with Crippen LogP contribution in [-0.4, -0.2) is 35.8 Å². The molecule has 5 nitrogen and oxygen atoms in total. The topological polar surface area (TPSA) is 62.6 Å². The fraction of sp³-hybridized carbons (Fsp3) is 0.294. The van der Waals surface area contributed by atoms with Crippen LogP contribution in [0.4, 0.5) is 0 Å². The first-order valence-corrected chi connectivity index (χ1v) is 8.50. The van der Waals surface area contributed by atoms with Crippen LogP contribution >= 0.6 is 11.3 Å². The van der Waals surface area contributed by atoms with Crippen molar-refractivity contribution in [2.24, 2.45) is 0 Å². The molecule has 0 radical (unpaired) electrons. The van der Waals surface area contributed by atoms with Crippen LogP contribution in [0.5, 0.6) is 0 Å². The quantitative estimate of drug-likeness (QED) is 0.877. The Balaban J connectivity index is 1.46. The summed E-state index contributed by atoms with van der Waals surface area (Å²) in [7, 11) is 0. The zero-order valence-electron chi connectivity index (χ0n) is 12.6. The molecule has 1 aliphatic rings. The van der Waals surface area contributed by atoms with Crippen LogP contribution in [0, 0.1) is 0 Å².